The predicted octanol–water partition coefficient (Wildman–Crippen LogP) is 3.72. The predicted molar refractivity (Wildman–Crippen MR) is 74.9 cm³/mol. The van der Waals surface area contributed by atoms with Crippen LogP contribution in [0, 0.1) is 12.8 Å². The number of aryl methyl sites for hydroxylation is 1. The molecule has 1 aromatic carbocycles. The van der Waals surface area contributed by atoms with Crippen LogP contribution in [0.25, 0.3) is 0 Å². The van der Waals surface area contributed by atoms with Crippen LogP contribution in [0.2, 0.25) is 0 Å². The molecule has 1 heterocycles. The number of benzene rings is 1. The summed E-state index contributed by atoms with van der Waals surface area (Å²) in [5.74, 6) is 0.875. The van der Waals surface area contributed by atoms with Gasteiger partial charge >= 0.3 is 0 Å². The summed E-state index contributed by atoms with van der Waals surface area (Å²) in [5, 5.41) is 3.08. The van der Waals surface area contributed by atoms with Crippen molar-refractivity contribution >= 4 is 5.91 Å². The van der Waals surface area contributed by atoms with Crippen molar-refractivity contribution in [2.75, 3.05) is 0 Å². The maximum atomic E-state index is 12.2. The first-order chi connectivity index (χ1) is 9.09. The van der Waals surface area contributed by atoms with Gasteiger partial charge in [-0.15, -0.1) is 0 Å². The molecular formula is C16H19NO2. The zero-order valence-corrected chi connectivity index (χ0v) is 11.5. The molecule has 1 unspecified atom stereocenters. The lowest BCUT2D eigenvalue weighted by Crippen LogP contribution is -2.31. The number of hydrogen-bond acceptors (Lipinski definition) is 2. The van der Waals surface area contributed by atoms with E-state index in [4.69, 9.17) is 4.42 Å². The van der Waals surface area contributed by atoms with Gasteiger partial charge in [0, 0.05) is 0 Å². The molecular weight excluding hydrogens is 238 g/mol. The fourth-order valence-corrected chi connectivity index (χ4v) is 2.13. The van der Waals surface area contributed by atoms with Crippen LogP contribution in [0.4, 0.5) is 0 Å². The molecule has 1 N–H and O–H groups in total. The van der Waals surface area contributed by atoms with Crippen molar-refractivity contribution < 1.29 is 9.21 Å². The monoisotopic (exact) mass is 257 g/mol. The van der Waals surface area contributed by atoms with E-state index >= 15 is 0 Å². The van der Waals surface area contributed by atoms with Gasteiger partial charge in [0.15, 0.2) is 0 Å². The van der Waals surface area contributed by atoms with Crippen molar-refractivity contribution in [3.05, 3.63) is 59.5 Å². The van der Waals surface area contributed by atoms with Gasteiger partial charge in [0.1, 0.15) is 5.76 Å². The Bertz CT molecular complexity index is 543. The summed E-state index contributed by atoms with van der Waals surface area (Å²) < 4.78 is 5.17. The average molecular weight is 257 g/mol. The first-order valence-electron chi connectivity index (χ1n) is 6.49. The number of rotatable bonds is 4. The fourth-order valence-electron chi connectivity index (χ4n) is 2.13. The number of amides is 1. The van der Waals surface area contributed by atoms with Crippen molar-refractivity contribution in [3.8, 4) is 0 Å². The van der Waals surface area contributed by atoms with Crippen molar-refractivity contribution in [2.45, 2.75) is 26.8 Å². The maximum absolute atomic E-state index is 12.2. The van der Waals surface area contributed by atoms with E-state index in [1.54, 1.807) is 13.0 Å². The number of furan rings is 1. The Morgan fingerprint density at radius 3 is 2.37 bits per heavy atom. The van der Waals surface area contributed by atoms with Gasteiger partial charge in [0.25, 0.3) is 5.91 Å². The van der Waals surface area contributed by atoms with E-state index in [9.17, 15) is 4.79 Å². The summed E-state index contributed by atoms with van der Waals surface area (Å²) >= 11 is 0. The lowest BCUT2D eigenvalue weighted by atomic mass is 9.96. The molecule has 2 aromatic rings. The van der Waals surface area contributed by atoms with E-state index < -0.39 is 0 Å². The minimum absolute atomic E-state index is 0.00278. The minimum atomic E-state index is -0.0891. The summed E-state index contributed by atoms with van der Waals surface area (Å²) in [6, 6.07) is 11.7. The van der Waals surface area contributed by atoms with E-state index in [2.05, 4.69) is 19.2 Å². The number of hydrogen-bond donors (Lipinski definition) is 1. The Kier molecular flexibility index (Phi) is 4.05. The molecule has 0 fully saturated rings. The maximum Gasteiger partial charge on any atom is 0.255 e. The molecule has 19 heavy (non-hydrogen) atoms. The summed E-state index contributed by atoms with van der Waals surface area (Å²) in [5.41, 5.74) is 1.72. The van der Waals surface area contributed by atoms with Crippen LogP contribution in [0.5, 0.6) is 0 Å². The molecule has 1 atom stereocenters. The van der Waals surface area contributed by atoms with Crippen LogP contribution in [-0.2, 0) is 0 Å². The average Bonchev–Trinajstić information content (AvgIpc) is 2.82. The van der Waals surface area contributed by atoms with E-state index in [1.807, 2.05) is 30.3 Å². The highest BCUT2D eigenvalue weighted by Gasteiger charge is 2.20. The van der Waals surface area contributed by atoms with E-state index in [0.29, 0.717) is 17.2 Å². The molecule has 0 aliphatic rings. The highest BCUT2D eigenvalue weighted by Crippen LogP contribution is 2.22. The quantitative estimate of drug-likeness (QED) is 0.907. The third kappa shape index (κ3) is 3.05. The highest BCUT2D eigenvalue weighted by atomic mass is 16.3. The van der Waals surface area contributed by atoms with Gasteiger partial charge in [-0.05, 0) is 24.5 Å². The van der Waals surface area contributed by atoms with Gasteiger partial charge in [0.2, 0.25) is 0 Å². The van der Waals surface area contributed by atoms with Gasteiger partial charge in [0.05, 0.1) is 17.9 Å². The number of carbonyl (C=O) groups is 1. The molecule has 100 valence electrons. The standard InChI is InChI=1S/C16H19NO2/c1-11(2)15(13-7-5-4-6-8-13)17-16(18)14-9-10-19-12(14)3/h4-11,15H,1-3H3,(H,17,18). The van der Waals surface area contributed by atoms with E-state index in [1.165, 1.54) is 6.26 Å². The molecule has 2 rings (SSSR count). The first-order valence-corrected chi connectivity index (χ1v) is 6.49. The molecule has 0 aliphatic heterocycles. The lowest BCUT2D eigenvalue weighted by molar-refractivity contribution is 0.0924. The normalized spacial score (nSPS) is 12.4. The molecule has 1 amide bonds. The van der Waals surface area contributed by atoms with Crippen LogP contribution in [0.15, 0.2) is 47.1 Å². The van der Waals surface area contributed by atoms with Gasteiger partial charge in [-0.2, -0.15) is 0 Å². The number of nitrogens with one attached hydrogen (secondary N) is 1. The summed E-state index contributed by atoms with van der Waals surface area (Å²) in [7, 11) is 0. The molecule has 0 saturated heterocycles. The Labute approximate surface area is 113 Å². The third-order valence-electron chi connectivity index (χ3n) is 3.22. The summed E-state index contributed by atoms with van der Waals surface area (Å²) in [6.45, 7) is 5.99. The summed E-state index contributed by atoms with van der Waals surface area (Å²) in [4.78, 5) is 12.2. The molecule has 0 radical (unpaired) electrons. The number of carbonyl (C=O) groups excluding carboxylic acids is 1. The Balaban J connectivity index is 2.19. The van der Waals surface area contributed by atoms with Gasteiger partial charge in [-0.3, -0.25) is 4.79 Å². The lowest BCUT2D eigenvalue weighted by Gasteiger charge is -2.22. The molecule has 0 saturated carbocycles. The zero-order valence-electron chi connectivity index (χ0n) is 11.5. The van der Waals surface area contributed by atoms with Crippen molar-refractivity contribution in [1.29, 1.82) is 0 Å². The molecule has 3 nitrogen and oxygen atoms in total. The molecule has 0 bridgehead atoms. The van der Waals surface area contributed by atoms with E-state index in [-0.39, 0.29) is 11.9 Å². The molecule has 0 spiro atoms. The third-order valence-corrected chi connectivity index (χ3v) is 3.22. The largest absolute Gasteiger partial charge is 0.469 e. The first kappa shape index (κ1) is 13.4. The van der Waals surface area contributed by atoms with Gasteiger partial charge < -0.3 is 9.73 Å². The van der Waals surface area contributed by atoms with Gasteiger partial charge in [-0.1, -0.05) is 44.2 Å². The smallest absolute Gasteiger partial charge is 0.255 e. The minimum Gasteiger partial charge on any atom is -0.469 e. The van der Waals surface area contributed by atoms with Crippen molar-refractivity contribution in [1.82, 2.24) is 5.32 Å². The SMILES string of the molecule is Cc1occc1C(=O)NC(c1ccccc1)C(C)C. The topological polar surface area (TPSA) is 42.2 Å². The van der Waals surface area contributed by atoms with Gasteiger partial charge in [-0.25, -0.2) is 0 Å². The highest BCUT2D eigenvalue weighted by molar-refractivity contribution is 5.95. The molecule has 3 heteroatoms. The second-order valence-electron chi connectivity index (χ2n) is 5.00. The molecule has 1 aromatic heterocycles. The molecule has 0 aliphatic carbocycles. The zero-order chi connectivity index (χ0) is 13.8. The van der Waals surface area contributed by atoms with Crippen LogP contribution < -0.4 is 5.32 Å². The Hall–Kier alpha value is -2.03. The second-order valence-corrected chi connectivity index (χ2v) is 5.00. The Morgan fingerprint density at radius 2 is 1.84 bits per heavy atom. The van der Waals surface area contributed by atoms with Crippen molar-refractivity contribution in [3.63, 3.8) is 0 Å². The van der Waals surface area contributed by atoms with Crippen LogP contribution in [0.3, 0.4) is 0 Å². The summed E-state index contributed by atoms with van der Waals surface area (Å²) in [6.07, 6.45) is 1.54. The van der Waals surface area contributed by atoms with E-state index in [0.717, 1.165) is 5.56 Å². The van der Waals surface area contributed by atoms with Crippen LogP contribution in [0.1, 0.15) is 41.6 Å². The fraction of sp³-hybridized carbons (Fsp3) is 0.312. The second kappa shape index (κ2) is 5.74. The van der Waals surface area contributed by atoms with Crippen LogP contribution in [-0.4, -0.2) is 5.91 Å². The van der Waals surface area contributed by atoms with Crippen LogP contribution >= 0.6 is 0 Å². The van der Waals surface area contributed by atoms with Crippen molar-refractivity contribution in [2.24, 2.45) is 5.92 Å². The Morgan fingerprint density at radius 1 is 1.16 bits per heavy atom.